The Kier molecular flexibility index (Phi) is 3.57. The van der Waals surface area contributed by atoms with Gasteiger partial charge < -0.3 is 9.57 Å². The fourth-order valence-corrected chi connectivity index (χ4v) is 1.38. The molecule has 1 aliphatic heterocycles. The number of hydrogen-bond donors (Lipinski definition) is 0. The van der Waals surface area contributed by atoms with Crippen LogP contribution in [0.25, 0.3) is 0 Å². The normalized spacial score (nSPS) is 26.0. The minimum Gasteiger partial charge on any atom is -0.381 e. The number of ether oxygens (including phenoxy) is 1. The lowest BCUT2D eigenvalue weighted by Crippen LogP contribution is -2.26. The summed E-state index contributed by atoms with van der Waals surface area (Å²) in [5.74, 6) is -0.546. The Labute approximate surface area is 79.0 Å². The van der Waals surface area contributed by atoms with Crippen molar-refractivity contribution in [1.82, 2.24) is 0 Å². The van der Waals surface area contributed by atoms with Crippen LogP contribution >= 0.6 is 0 Å². The zero-order chi connectivity index (χ0) is 10.6. The van der Waals surface area contributed by atoms with Gasteiger partial charge in [0.1, 0.15) is 6.61 Å². The van der Waals surface area contributed by atoms with Crippen molar-refractivity contribution in [1.29, 1.82) is 0 Å². The molecule has 0 saturated carbocycles. The van der Waals surface area contributed by atoms with Crippen LogP contribution in [0.2, 0.25) is 0 Å². The van der Waals surface area contributed by atoms with Gasteiger partial charge in [-0.3, -0.25) is 10.1 Å². The molecule has 80 valence electrons. The molecule has 0 spiro atoms. The average molecular weight is 206 g/mol. The van der Waals surface area contributed by atoms with Gasteiger partial charge in [0, 0.05) is 10.8 Å². The second kappa shape index (κ2) is 4.70. The lowest BCUT2D eigenvalue weighted by molar-refractivity contribution is -0.759. The van der Waals surface area contributed by atoms with Crippen LogP contribution in [0.15, 0.2) is 0 Å². The topological polar surface area (TPSA) is 105 Å². The van der Waals surface area contributed by atoms with Crippen molar-refractivity contribution < 1.29 is 19.6 Å². The van der Waals surface area contributed by atoms with Gasteiger partial charge in [-0.15, -0.1) is 10.1 Å². The first-order valence-electron chi connectivity index (χ1n) is 4.06. The van der Waals surface area contributed by atoms with Crippen molar-refractivity contribution in [3.05, 3.63) is 20.2 Å². The van der Waals surface area contributed by atoms with Gasteiger partial charge >= 0.3 is 0 Å². The smallest absolute Gasteiger partial charge is 0.294 e. The van der Waals surface area contributed by atoms with Crippen molar-refractivity contribution in [2.24, 2.45) is 11.8 Å². The molecule has 2 atom stereocenters. The van der Waals surface area contributed by atoms with E-state index in [2.05, 4.69) is 4.84 Å². The maximum Gasteiger partial charge on any atom is 0.294 e. The molecule has 1 rings (SSSR count). The summed E-state index contributed by atoms with van der Waals surface area (Å²) >= 11 is 0. The van der Waals surface area contributed by atoms with Crippen LogP contribution in [0.3, 0.4) is 0 Å². The van der Waals surface area contributed by atoms with E-state index in [1.165, 1.54) is 0 Å². The molecule has 8 heteroatoms. The molecule has 1 heterocycles. The van der Waals surface area contributed by atoms with E-state index in [1.54, 1.807) is 0 Å². The first kappa shape index (κ1) is 10.6. The van der Waals surface area contributed by atoms with Gasteiger partial charge in [-0.2, -0.15) is 0 Å². The van der Waals surface area contributed by atoms with Gasteiger partial charge in [0.05, 0.1) is 19.1 Å². The molecule has 0 radical (unpaired) electrons. The van der Waals surface area contributed by atoms with Crippen molar-refractivity contribution in [2.75, 3.05) is 26.4 Å². The summed E-state index contributed by atoms with van der Waals surface area (Å²) in [4.78, 5) is 23.8. The zero-order valence-electron chi connectivity index (χ0n) is 7.33. The van der Waals surface area contributed by atoms with Gasteiger partial charge in [-0.1, -0.05) is 0 Å². The summed E-state index contributed by atoms with van der Waals surface area (Å²) in [7, 11) is 0. The van der Waals surface area contributed by atoms with Gasteiger partial charge in [-0.25, -0.2) is 0 Å². The van der Waals surface area contributed by atoms with Gasteiger partial charge in [0.25, 0.3) is 5.09 Å². The molecule has 1 aliphatic rings. The molecule has 0 aromatic carbocycles. The SMILES string of the molecule is O=[N+]([O-])C[C@@H]1COC[C@H]1CO[N+](=O)[O-]. The van der Waals surface area contributed by atoms with Crippen LogP contribution in [0.5, 0.6) is 0 Å². The van der Waals surface area contributed by atoms with Crippen LogP contribution in [0.1, 0.15) is 0 Å². The van der Waals surface area contributed by atoms with E-state index in [0.717, 1.165) is 0 Å². The lowest BCUT2D eigenvalue weighted by atomic mass is 9.97. The zero-order valence-corrected chi connectivity index (χ0v) is 7.33. The molecule has 0 unspecified atom stereocenters. The molecular formula is C6H10N2O6. The van der Waals surface area contributed by atoms with Crippen LogP contribution in [0, 0.1) is 32.1 Å². The predicted molar refractivity (Wildman–Crippen MR) is 42.6 cm³/mol. The minimum absolute atomic E-state index is 0.133. The van der Waals surface area contributed by atoms with E-state index in [1.807, 2.05) is 0 Å². The summed E-state index contributed by atoms with van der Waals surface area (Å²) < 4.78 is 5.00. The van der Waals surface area contributed by atoms with Crippen molar-refractivity contribution >= 4 is 0 Å². The fraction of sp³-hybridized carbons (Fsp3) is 1.00. The third-order valence-corrected chi connectivity index (χ3v) is 2.11. The predicted octanol–water partition coefficient (Wildman–Crippen LogP) is -0.266. The molecule has 1 saturated heterocycles. The summed E-state index contributed by atoms with van der Waals surface area (Å²) in [5.41, 5.74) is 0. The second-order valence-corrected chi connectivity index (χ2v) is 3.09. The van der Waals surface area contributed by atoms with Crippen molar-refractivity contribution in [3.8, 4) is 0 Å². The molecular weight excluding hydrogens is 196 g/mol. The number of nitro groups is 1. The van der Waals surface area contributed by atoms with Crippen LogP contribution < -0.4 is 0 Å². The van der Waals surface area contributed by atoms with Gasteiger partial charge in [0.15, 0.2) is 0 Å². The third-order valence-electron chi connectivity index (χ3n) is 2.11. The van der Waals surface area contributed by atoms with Crippen LogP contribution in [-0.2, 0) is 9.57 Å². The minimum atomic E-state index is -0.901. The highest BCUT2D eigenvalue weighted by Crippen LogP contribution is 2.21. The maximum atomic E-state index is 10.2. The highest BCUT2D eigenvalue weighted by molar-refractivity contribution is 4.73. The third kappa shape index (κ3) is 3.13. The Morgan fingerprint density at radius 3 is 2.50 bits per heavy atom. The Balaban J connectivity index is 2.35. The number of hydrogen-bond acceptors (Lipinski definition) is 6. The Morgan fingerprint density at radius 1 is 1.29 bits per heavy atom. The molecule has 0 N–H and O–H groups in total. The quantitative estimate of drug-likeness (QED) is 0.453. The van der Waals surface area contributed by atoms with E-state index in [9.17, 15) is 20.2 Å². The molecule has 0 aromatic rings. The maximum absolute atomic E-state index is 10.2. The highest BCUT2D eigenvalue weighted by atomic mass is 16.9. The molecule has 8 nitrogen and oxygen atoms in total. The molecule has 1 fully saturated rings. The Bertz CT molecular complexity index is 232. The summed E-state index contributed by atoms with van der Waals surface area (Å²) in [6.45, 7) is 0.191. The standard InChI is InChI=1S/C6H10N2O6/c9-7(10)1-5-2-13-3-6(5)4-14-8(11)12/h5-6H,1-4H2/t5-,6+/m1/s1. The average Bonchev–Trinajstić information content (AvgIpc) is 2.47. The molecule has 0 aliphatic carbocycles. The molecule has 0 aromatic heterocycles. The van der Waals surface area contributed by atoms with Crippen molar-refractivity contribution in [2.45, 2.75) is 0 Å². The second-order valence-electron chi connectivity index (χ2n) is 3.09. The first-order valence-corrected chi connectivity index (χ1v) is 4.06. The summed E-state index contributed by atoms with van der Waals surface area (Å²) in [6, 6.07) is 0. The first-order chi connectivity index (χ1) is 6.59. The molecule has 0 bridgehead atoms. The number of rotatable bonds is 5. The van der Waals surface area contributed by atoms with Crippen LogP contribution in [-0.4, -0.2) is 36.4 Å². The summed E-state index contributed by atoms with van der Waals surface area (Å²) in [5, 5.41) is 19.2. The van der Waals surface area contributed by atoms with E-state index in [4.69, 9.17) is 4.74 Å². The largest absolute Gasteiger partial charge is 0.381 e. The van der Waals surface area contributed by atoms with Crippen molar-refractivity contribution in [3.63, 3.8) is 0 Å². The molecule has 0 amide bonds. The van der Waals surface area contributed by atoms with E-state index >= 15 is 0 Å². The highest BCUT2D eigenvalue weighted by Gasteiger charge is 2.32. The van der Waals surface area contributed by atoms with Gasteiger partial charge in [-0.05, 0) is 0 Å². The monoisotopic (exact) mass is 206 g/mol. The molecule has 14 heavy (non-hydrogen) atoms. The van der Waals surface area contributed by atoms with E-state index in [0.29, 0.717) is 0 Å². The van der Waals surface area contributed by atoms with E-state index in [-0.39, 0.29) is 38.2 Å². The van der Waals surface area contributed by atoms with E-state index < -0.39 is 10.0 Å². The fourth-order valence-electron chi connectivity index (χ4n) is 1.38. The lowest BCUT2D eigenvalue weighted by Gasteiger charge is -2.11. The Morgan fingerprint density at radius 2 is 1.93 bits per heavy atom. The Hall–Kier alpha value is -1.44. The summed E-state index contributed by atoms with van der Waals surface area (Å²) in [6.07, 6.45) is 0. The van der Waals surface area contributed by atoms with Crippen LogP contribution in [0.4, 0.5) is 0 Å². The van der Waals surface area contributed by atoms with Gasteiger partial charge in [0.2, 0.25) is 6.54 Å². The number of nitrogens with zero attached hydrogens (tertiary/aromatic N) is 2.